The lowest BCUT2D eigenvalue weighted by atomic mass is 10.0. The van der Waals surface area contributed by atoms with E-state index in [2.05, 4.69) is 26.1 Å². The van der Waals surface area contributed by atoms with Crippen molar-refractivity contribution in [2.75, 3.05) is 0 Å². The maximum Gasteiger partial charge on any atom is 0.326 e. The molecule has 0 fully saturated rings. The second-order valence-electron chi connectivity index (χ2n) is 12.8. The fraction of sp³-hybridized carbons (Fsp3) is 0.919. The van der Waals surface area contributed by atoms with Crippen LogP contribution in [0.5, 0.6) is 0 Å². The van der Waals surface area contributed by atoms with Crippen molar-refractivity contribution >= 4 is 17.8 Å². The minimum atomic E-state index is -1.19. The molecule has 1 amide bonds. The summed E-state index contributed by atoms with van der Waals surface area (Å²) < 4.78 is 0. The van der Waals surface area contributed by atoms with Crippen LogP contribution >= 0.6 is 0 Å². The molecule has 0 spiro atoms. The third-order valence-electron chi connectivity index (χ3n) is 8.32. The lowest BCUT2D eigenvalue weighted by Crippen LogP contribution is -2.41. The van der Waals surface area contributed by atoms with E-state index in [1.165, 1.54) is 135 Å². The van der Waals surface area contributed by atoms with Gasteiger partial charge in [-0.15, -0.1) is 0 Å². The molecule has 0 aliphatic heterocycles. The number of aliphatic hydroxyl groups excluding tert-OH is 1. The highest BCUT2D eigenvalue weighted by Gasteiger charge is 2.20. The molecule has 0 aromatic rings. The average Bonchev–Trinajstić information content (AvgIpc) is 2.99. The first kappa shape index (κ1) is 44.5. The third kappa shape index (κ3) is 36.6. The van der Waals surface area contributed by atoms with Gasteiger partial charge in [-0.2, -0.15) is 0 Å². The number of carboxylic acid groups (broad SMARTS) is 2. The second-order valence-corrected chi connectivity index (χ2v) is 12.8. The largest absolute Gasteiger partial charge is 0.481 e. The Morgan fingerprint density at radius 2 is 0.818 bits per heavy atom. The van der Waals surface area contributed by atoms with E-state index in [0.29, 0.717) is 6.42 Å². The van der Waals surface area contributed by atoms with Crippen molar-refractivity contribution in [3.8, 4) is 0 Å². The van der Waals surface area contributed by atoms with Crippen molar-refractivity contribution in [1.82, 2.24) is 5.32 Å². The molecule has 0 bridgehead atoms. The molecular weight excluding hydrogens is 554 g/mol. The van der Waals surface area contributed by atoms with E-state index in [4.69, 9.17) is 10.2 Å². The Morgan fingerprint density at radius 3 is 1.18 bits per heavy atom. The topological polar surface area (TPSA) is 124 Å². The van der Waals surface area contributed by atoms with Crippen LogP contribution < -0.4 is 5.32 Å². The second kappa shape index (κ2) is 35.8. The fourth-order valence-corrected chi connectivity index (χ4v) is 5.38. The summed E-state index contributed by atoms with van der Waals surface area (Å²) in [6.07, 6.45) is 32.5. The molecule has 44 heavy (non-hydrogen) atoms. The molecule has 0 heterocycles. The number of aliphatic carboxylic acids is 2. The first-order valence-corrected chi connectivity index (χ1v) is 18.7. The van der Waals surface area contributed by atoms with E-state index in [9.17, 15) is 19.5 Å². The van der Waals surface area contributed by atoms with Crippen molar-refractivity contribution in [3.05, 3.63) is 0 Å². The monoisotopic (exact) mass is 628 g/mol. The van der Waals surface area contributed by atoms with Gasteiger partial charge in [-0.25, -0.2) is 4.79 Å². The van der Waals surface area contributed by atoms with E-state index >= 15 is 0 Å². The minimum Gasteiger partial charge on any atom is -0.481 e. The average molecular weight is 628 g/mol. The van der Waals surface area contributed by atoms with Crippen LogP contribution in [0.2, 0.25) is 0 Å². The Hall–Kier alpha value is -1.63. The number of rotatable bonds is 32. The van der Waals surface area contributed by atoms with Crippen molar-refractivity contribution < 1.29 is 29.7 Å². The van der Waals surface area contributed by atoms with E-state index in [1.54, 1.807) is 0 Å². The highest BCUT2D eigenvalue weighted by atomic mass is 16.4. The lowest BCUT2D eigenvalue weighted by molar-refractivity contribution is -0.143. The molecular formula is C37H73NO6. The quantitative estimate of drug-likeness (QED) is 0.0550. The number of nitrogens with one attached hydrogen (secondary N) is 1. The standard InChI is InChI=1S/C21H39NO5.C16H34O/c1-2-3-4-5-6-7-8-9-10-11-12-13-14-15-19(23)22-18(21(26)27)16-17-20(24)25;1-3-5-7-9-10-11-13-15-16(17)14-12-8-6-4-2/h18H,2-17H2,1H3,(H,22,23)(H,24,25)(H,26,27);16-17H,3-15H2,1-2H3/t18-;/m0./s1. The number of carbonyl (C=O) groups excluding carboxylic acids is 1. The van der Waals surface area contributed by atoms with Gasteiger partial charge in [0.1, 0.15) is 6.04 Å². The van der Waals surface area contributed by atoms with Gasteiger partial charge in [0.25, 0.3) is 0 Å². The summed E-state index contributed by atoms with van der Waals surface area (Å²) in [7, 11) is 0. The van der Waals surface area contributed by atoms with E-state index < -0.39 is 18.0 Å². The molecule has 7 nitrogen and oxygen atoms in total. The summed E-state index contributed by atoms with van der Waals surface area (Å²) in [6, 6.07) is -1.12. The van der Waals surface area contributed by atoms with Crippen molar-refractivity contribution in [2.45, 2.75) is 219 Å². The number of amides is 1. The van der Waals surface area contributed by atoms with Gasteiger partial charge in [0.2, 0.25) is 5.91 Å². The molecule has 262 valence electrons. The third-order valence-corrected chi connectivity index (χ3v) is 8.32. The highest BCUT2D eigenvalue weighted by molar-refractivity contribution is 5.83. The van der Waals surface area contributed by atoms with Gasteiger partial charge in [-0.05, 0) is 25.7 Å². The molecule has 0 saturated carbocycles. The van der Waals surface area contributed by atoms with Crippen LogP contribution in [0.15, 0.2) is 0 Å². The van der Waals surface area contributed by atoms with Crippen LogP contribution in [0.1, 0.15) is 207 Å². The summed E-state index contributed by atoms with van der Waals surface area (Å²) in [5.41, 5.74) is 0. The Labute approximate surface area is 271 Å². The molecule has 0 radical (unpaired) electrons. The predicted octanol–water partition coefficient (Wildman–Crippen LogP) is 10.4. The van der Waals surface area contributed by atoms with E-state index in [1.807, 2.05) is 0 Å². The van der Waals surface area contributed by atoms with Gasteiger partial charge in [0.05, 0.1) is 6.10 Å². The summed E-state index contributed by atoms with van der Waals surface area (Å²) in [6.45, 7) is 6.73. The molecule has 0 aromatic carbocycles. The molecule has 1 unspecified atom stereocenters. The van der Waals surface area contributed by atoms with Crippen molar-refractivity contribution in [2.24, 2.45) is 0 Å². The Bertz CT molecular complexity index is 641. The van der Waals surface area contributed by atoms with Gasteiger partial charge in [0, 0.05) is 12.8 Å². The molecule has 4 N–H and O–H groups in total. The summed E-state index contributed by atoms with van der Waals surface area (Å²) in [5, 5.41) is 29.8. The Morgan fingerprint density at radius 1 is 0.477 bits per heavy atom. The summed E-state index contributed by atoms with van der Waals surface area (Å²) >= 11 is 0. The Balaban J connectivity index is 0. The normalized spacial score (nSPS) is 12.3. The van der Waals surface area contributed by atoms with Crippen LogP contribution in [-0.2, 0) is 14.4 Å². The van der Waals surface area contributed by atoms with Gasteiger partial charge in [-0.1, -0.05) is 168 Å². The van der Waals surface area contributed by atoms with Gasteiger partial charge < -0.3 is 20.6 Å². The molecule has 7 heteroatoms. The highest BCUT2D eigenvalue weighted by Crippen LogP contribution is 2.14. The number of hydrogen-bond acceptors (Lipinski definition) is 4. The first-order chi connectivity index (χ1) is 21.3. The summed E-state index contributed by atoms with van der Waals surface area (Å²) in [5.74, 6) is -2.56. The number of hydrogen-bond donors (Lipinski definition) is 4. The van der Waals surface area contributed by atoms with Crippen LogP contribution in [0, 0.1) is 0 Å². The number of carboxylic acids is 2. The molecule has 0 aromatic heterocycles. The first-order valence-electron chi connectivity index (χ1n) is 18.7. The molecule has 2 atom stereocenters. The van der Waals surface area contributed by atoms with E-state index in [-0.39, 0.29) is 24.9 Å². The van der Waals surface area contributed by atoms with Gasteiger partial charge in [-0.3, -0.25) is 9.59 Å². The zero-order valence-electron chi connectivity index (χ0n) is 29.2. The zero-order chi connectivity index (χ0) is 33.1. The SMILES string of the molecule is CCCCCCCCCC(O)CCCCCC.CCCCCCCCCCCCCCCC(=O)N[C@@H](CCC(=O)O)C(=O)O. The number of carbonyl (C=O) groups is 3. The number of unbranched alkanes of at least 4 members (excludes halogenated alkanes) is 21. The molecule has 0 rings (SSSR count). The van der Waals surface area contributed by atoms with Crippen LogP contribution in [-0.4, -0.2) is 45.3 Å². The van der Waals surface area contributed by atoms with Crippen molar-refractivity contribution in [3.63, 3.8) is 0 Å². The van der Waals surface area contributed by atoms with E-state index in [0.717, 1.165) is 32.1 Å². The molecule has 0 aliphatic carbocycles. The Kier molecular flexibility index (Phi) is 36.2. The zero-order valence-corrected chi connectivity index (χ0v) is 29.2. The smallest absolute Gasteiger partial charge is 0.326 e. The van der Waals surface area contributed by atoms with Crippen LogP contribution in [0.25, 0.3) is 0 Å². The van der Waals surface area contributed by atoms with Gasteiger partial charge >= 0.3 is 11.9 Å². The summed E-state index contributed by atoms with van der Waals surface area (Å²) in [4.78, 5) is 33.3. The number of aliphatic hydroxyl groups is 1. The van der Waals surface area contributed by atoms with Crippen LogP contribution in [0.3, 0.4) is 0 Å². The fourth-order valence-electron chi connectivity index (χ4n) is 5.38. The van der Waals surface area contributed by atoms with Gasteiger partial charge in [0.15, 0.2) is 0 Å². The maximum atomic E-state index is 11.8. The molecule has 0 saturated heterocycles. The van der Waals surface area contributed by atoms with Crippen LogP contribution in [0.4, 0.5) is 0 Å². The maximum absolute atomic E-state index is 11.8. The predicted molar refractivity (Wildman–Crippen MR) is 184 cm³/mol. The van der Waals surface area contributed by atoms with Crippen molar-refractivity contribution in [1.29, 1.82) is 0 Å². The minimum absolute atomic E-state index is 0.0255. The molecule has 0 aliphatic rings. The lowest BCUT2D eigenvalue weighted by Gasteiger charge is -2.13.